The number of hydrogen-bond donors (Lipinski definition) is 1. The summed E-state index contributed by atoms with van der Waals surface area (Å²) >= 11 is 0. The van der Waals surface area contributed by atoms with Crippen molar-refractivity contribution in [3.8, 4) is 0 Å². The predicted octanol–water partition coefficient (Wildman–Crippen LogP) is 2.02. The summed E-state index contributed by atoms with van der Waals surface area (Å²) in [5.41, 5.74) is 2.82. The second-order valence-corrected chi connectivity index (χ2v) is 5.06. The standard InChI is InChI=1S/C15H16N4O2/c1-10-17-13-5-3-4-12(15(20)21)14(13)19(10)7-6-11-8-16-18(2)9-11/h3-5,8-9H,6-7H2,1-2H3,(H,20,21). The highest BCUT2D eigenvalue weighted by atomic mass is 16.4. The van der Waals surface area contributed by atoms with Crippen molar-refractivity contribution in [3.05, 3.63) is 47.5 Å². The lowest BCUT2D eigenvalue weighted by Crippen LogP contribution is -2.07. The number of aromatic nitrogens is 4. The number of aryl methyl sites for hydroxylation is 4. The molecule has 0 saturated heterocycles. The first-order valence-electron chi connectivity index (χ1n) is 6.73. The fraction of sp³-hybridized carbons (Fsp3) is 0.267. The smallest absolute Gasteiger partial charge is 0.337 e. The molecule has 0 aliphatic heterocycles. The van der Waals surface area contributed by atoms with Gasteiger partial charge in [-0.25, -0.2) is 9.78 Å². The second kappa shape index (κ2) is 5.05. The molecule has 3 aromatic rings. The number of benzene rings is 1. The molecule has 6 heteroatoms. The van der Waals surface area contributed by atoms with Crippen molar-refractivity contribution in [3.63, 3.8) is 0 Å². The zero-order valence-corrected chi connectivity index (χ0v) is 11.9. The molecule has 0 unspecified atom stereocenters. The number of rotatable bonds is 4. The molecule has 0 bridgehead atoms. The lowest BCUT2D eigenvalue weighted by molar-refractivity contribution is 0.0698. The van der Waals surface area contributed by atoms with Crippen LogP contribution in [0.25, 0.3) is 11.0 Å². The maximum absolute atomic E-state index is 11.4. The number of carboxylic acid groups (broad SMARTS) is 1. The molecule has 0 fully saturated rings. The van der Waals surface area contributed by atoms with Crippen LogP contribution in [0.2, 0.25) is 0 Å². The molecule has 1 aromatic carbocycles. The van der Waals surface area contributed by atoms with E-state index in [9.17, 15) is 9.90 Å². The van der Waals surface area contributed by atoms with Gasteiger partial charge >= 0.3 is 5.97 Å². The molecule has 108 valence electrons. The van der Waals surface area contributed by atoms with Gasteiger partial charge in [-0.1, -0.05) is 6.07 Å². The van der Waals surface area contributed by atoms with Crippen molar-refractivity contribution < 1.29 is 9.90 Å². The van der Waals surface area contributed by atoms with E-state index >= 15 is 0 Å². The van der Waals surface area contributed by atoms with E-state index < -0.39 is 5.97 Å². The third-order valence-electron chi connectivity index (χ3n) is 3.57. The maximum Gasteiger partial charge on any atom is 0.337 e. The van der Waals surface area contributed by atoms with Gasteiger partial charge in [0.2, 0.25) is 0 Å². The number of carbonyl (C=O) groups is 1. The van der Waals surface area contributed by atoms with Gasteiger partial charge in [0.15, 0.2) is 0 Å². The Morgan fingerprint density at radius 1 is 1.38 bits per heavy atom. The van der Waals surface area contributed by atoms with Gasteiger partial charge in [-0.3, -0.25) is 4.68 Å². The topological polar surface area (TPSA) is 72.9 Å². The first-order valence-corrected chi connectivity index (χ1v) is 6.73. The summed E-state index contributed by atoms with van der Waals surface area (Å²) < 4.78 is 3.72. The van der Waals surface area contributed by atoms with Crippen LogP contribution in [-0.2, 0) is 20.0 Å². The van der Waals surface area contributed by atoms with Crippen LogP contribution in [-0.4, -0.2) is 30.4 Å². The Bertz CT molecular complexity index is 816. The van der Waals surface area contributed by atoms with E-state index in [0.717, 1.165) is 23.3 Å². The monoisotopic (exact) mass is 284 g/mol. The zero-order valence-electron chi connectivity index (χ0n) is 11.9. The van der Waals surface area contributed by atoms with E-state index in [1.54, 1.807) is 16.8 Å². The number of hydrogen-bond acceptors (Lipinski definition) is 3. The van der Waals surface area contributed by atoms with Crippen molar-refractivity contribution in [2.75, 3.05) is 0 Å². The van der Waals surface area contributed by atoms with Crippen LogP contribution >= 0.6 is 0 Å². The molecule has 0 aliphatic rings. The van der Waals surface area contributed by atoms with Crippen LogP contribution in [0.5, 0.6) is 0 Å². The molecule has 21 heavy (non-hydrogen) atoms. The minimum atomic E-state index is -0.928. The Labute approximate surface area is 121 Å². The summed E-state index contributed by atoms with van der Waals surface area (Å²) in [6, 6.07) is 5.19. The fourth-order valence-electron chi connectivity index (χ4n) is 2.59. The average Bonchev–Trinajstić information content (AvgIpc) is 2.98. The second-order valence-electron chi connectivity index (χ2n) is 5.06. The van der Waals surface area contributed by atoms with E-state index in [0.29, 0.717) is 17.6 Å². The highest BCUT2D eigenvalue weighted by molar-refractivity contribution is 6.01. The normalized spacial score (nSPS) is 11.1. The average molecular weight is 284 g/mol. The van der Waals surface area contributed by atoms with E-state index in [1.807, 2.05) is 37.0 Å². The Morgan fingerprint density at radius 3 is 2.86 bits per heavy atom. The first-order chi connectivity index (χ1) is 10.1. The summed E-state index contributed by atoms with van der Waals surface area (Å²) in [6.45, 7) is 2.58. The molecule has 0 spiro atoms. The quantitative estimate of drug-likeness (QED) is 0.795. The molecule has 0 radical (unpaired) electrons. The van der Waals surface area contributed by atoms with Crippen LogP contribution in [0.15, 0.2) is 30.6 Å². The summed E-state index contributed by atoms with van der Waals surface area (Å²) in [5, 5.41) is 13.5. The van der Waals surface area contributed by atoms with Crippen molar-refractivity contribution in [1.29, 1.82) is 0 Å². The number of para-hydroxylation sites is 1. The van der Waals surface area contributed by atoms with Gasteiger partial charge in [-0.2, -0.15) is 5.10 Å². The minimum absolute atomic E-state index is 0.291. The van der Waals surface area contributed by atoms with Crippen molar-refractivity contribution in [2.24, 2.45) is 7.05 Å². The predicted molar refractivity (Wildman–Crippen MR) is 78.3 cm³/mol. The number of aromatic carboxylic acids is 1. The summed E-state index contributed by atoms with van der Waals surface area (Å²) in [5.74, 6) is -0.106. The Kier molecular flexibility index (Phi) is 3.21. The Morgan fingerprint density at radius 2 is 2.19 bits per heavy atom. The Balaban J connectivity index is 2.01. The van der Waals surface area contributed by atoms with Gasteiger partial charge in [0.05, 0.1) is 22.8 Å². The van der Waals surface area contributed by atoms with Crippen LogP contribution < -0.4 is 0 Å². The third kappa shape index (κ3) is 2.40. The van der Waals surface area contributed by atoms with Crippen LogP contribution in [0, 0.1) is 6.92 Å². The number of fused-ring (bicyclic) bond motifs is 1. The maximum atomic E-state index is 11.4. The number of carboxylic acids is 1. The molecular weight excluding hydrogens is 268 g/mol. The Hall–Kier alpha value is -2.63. The minimum Gasteiger partial charge on any atom is -0.478 e. The third-order valence-corrected chi connectivity index (χ3v) is 3.57. The van der Waals surface area contributed by atoms with Crippen LogP contribution in [0.3, 0.4) is 0 Å². The summed E-state index contributed by atoms with van der Waals surface area (Å²) in [6.07, 6.45) is 4.58. The number of nitrogens with zero attached hydrogens (tertiary/aromatic N) is 4. The van der Waals surface area contributed by atoms with Crippen molar-refractivity contribution in [2.45, 2.75) is 19.9 Å². The van der Waals surface area contributed by atoms with Crippen LogP contribution in [0.4, 0.5) is 0 Å². The molecule has 1 N–H and O–H groups in total. The van der Waals surface area contributed by atoms with E-state index in [1.165, 1.54) is 0 Å². The van der Waals surface area contributed by atoms with Gasteiger partial charge in [-0.05, 0) is 31.0 Å². The van der Waals surface area contributed by atoms with Crippen molar-refractivity contribution in [1.82, 2.24) is 19.3 Å². The van der Waals surface area contributed by atoms with E-state index in [2.05, 4.69) is 10.1 Å². The molecule has 0 atom stereocenters. The fourth-order valence-corrected chi connectivity index (χ4v) is 2.59. The molecular formula is C15H16N4O2. The van der Waals surface area contributed by atoms with Gasteiger partial charge in [0.25, 0.3) is 0 Å². The molecule has 2 heterocycles. The highest BCUT2D eigenvalue weighted by Crippen LogP contribution is 2.21. The lowest BCUT2D eigenvalue weighted by Gasteiger charge is -2.07. The SMILES string of the molecule is Cc1nc2cccc(C(=O)O)c2n1CCc1cnn(C)c1. The molecule has 2 aromatic heterocycles. The summed E-state index contributed by atoms with van der Waals surface area (Å²) in [4.78, 5) is 15.9. The van der Waals surface area contributed by atoms with Gasteiger partial charge in [0, 0.05) is 19.8 Å². The largest absolute Gasteiger partial charge is 0.478 e. The molecule has 0 aliphatic carbocycles. The van der Waals surface area contributed by atoms with E-state index in [4.69, 9.17) is 0 Å². The van der Waals surface area contributed by atoms with Gasteiger partial charge in [-0.15, -0.1) is 0 Å². The van der Waals surface area contributed by atoms with Gasteiger partial charge in [0.1, 0.15) is 5.82 Å². The van der Waals surface area contributed by atoms with Crippen LogP contribution in [0.1, 0.15) is 21.7 Å². The van der Waals surface area contributed by atoms with Crippen molar-refractivity contribution >= 4 is 17.0 Å². The van der Waals surface area contributed by atoms with Gasteiger partial charge < -0.3 is 9.67 Å². The number of imidazole rings is 1. The lowest BCUT2D eigenvalue weighted by atomic mass is 10.1. The molecule has 0 amide bonds. The summed E-state index contributed by atoms with van der Waals surface area (Å²) in [7, 11) is 1.88. The van der Waals surface area contributed by atoms with E-state index in [-0.39, 0.29) is 0 Å². The first kappa shape index (κ1) is 13.4. The molecule has 6 nitrogen and oxygen atoms in total. The molecule has 3 rings (SSSR count). The highest BCUT2D eigenvalue weighted by Gasteiger charge is 2.15. The zero-order chi connectivity index (χ0) is 15.0. The molecule has 0 saturated carbocycles.